The van der Waals surface area contributed by atoms with E-state index in [0.29, 0.717) is 46.6 Å². The highest BCUT2D eigenvalue weighted by Gasteiger charge is 2.56. The Hall–Kier alpha value is -1.94. The number of hydrogen-bond donors (Lipinski definition) is 1. The second-order valence-electron chi connectivity index (χ2n) is 7.96. The number of halogens is 4. The fourth-order valence-electron chi connectivity index (χ4n) is 4.38. The van der Waals surface area contributed by atoms with E-state index in [0.717, 1.165) is 5.56 Å². The summed E-state index contributed by atoms with van der Waals surface area (Å²) in [6.07, 6.45) is 4.45. The van der Waals surface area contributed by atoms with Crippen LogP contribution in [0.5, 0.6) is 0 Å². The lowest BCUT2D eigenvalue weighted by Crippen LogP contribution is -2.47. The first-order valence-corrected chi connectivity index (χ1v) is 11.8. The topological polar surface area (TPSA) is 52.0 Å². The molecular formula is C21H21ClF3N4OS+. The lowest BCUT2D eigenvalue weighted by atomic mass is 9.85. The average Bonchev–Trinajstić information content (AvgIpc) is 3.28. The molecule has 1 fully saturated rings. The molecule has 0 amide bonds. The number of aryl methyl sites for hydroxylation is 1. The SMILES string of the molecule is Cc1nn(-c2ncccc2F)cc1C[s+]1c(Cl)cc2c1C1(CCNCC1)OCC2(F)F. The fraction of sp³-hybridized carbons (Fsp3) is 0.429. The number of hydrogen-bond acceptors (Lipinski definition) is 4. The monoisotopic (exact) mass is 469 g/mol. The van der Waals surface area contributed by atoms with Crippen LogP contribution in [0.1, 0.15) is 34.5 Å². The first kappa shape index (κ1) is 20.9. The van der Waals surface area contributed by atoms with Gasteiger partial charge in [0.25, 0.3) is 0 Å². The first-order valence-electron chi connectivity index (χ1n) is 10.0. The molecule has 0 aromatic carbocycles. The zero-order valence-electron chi connectivity index (χ0n) is 16.8. The number of ether oxygens (including phenoxy) is 1. The summed E-state index contributed by atoms with van der Waals surface area (Å²) < 4.78 is 51.4. The van der Waals surface area contributed by atoms with E-state index >= 15 is 0 Å². The molecule has 0 saturated carbocycles. The van der Waals surface area contributed by atoms with Crippen LogP contribution in [0.4, 0.5) is 13.2 Å². The van der Waals surface area contributed by atoms with Gasteiger partial charge in [-0.3, -0.25) is 0 Å². The largest absolute Gasteiger partial charge is 0.358 e. The summed E-state index contributed by atoms with van der Waals surface area (Å²) in [6, 6.07) is 4.26. The molecule has 1 unspecified atom stereocenters. The molecule has 5 heterocycles. The van der Waals surface area contributed by atoms with Gasteiger partial charge >= 0.3 is 5.92 Å². The van der Waals surface area contributed by atoms with E-state index in [1.807, 2.05) is 6.92 Å². The average molecular weight is 470 g/mol. The Morgan fingerprint density at radius 3 is 2.84 bits per heavy atom. The van der Waals surface area contributed by atoms with Gasteiger partial charge in [0.05, 0.1) is 11.3 Å². The van der Waals surface area contributed by atoms with Crippen LogP contribution in [0, 0.1) is 12.7 Å². The molecule has 3 aromatic rings. The Kier molecular flexibility index (Phi) is 5.12. The Balaban J connectivity index is 1.59. The van der Waals surface area contributed by atoms with Gasteiger partial charge in [0, 0.05) is 34.5 Å². The number of pyridine rings is 1. The molecule has 1 spiro atoms. The van der Waals surface area contributed by atoms with Gasteiger partial charge in [-0.15, -0.1) is 0 Å². The number of alkyl halides is 2. The van der Waals surface area contributed by atoms with Crippen LogP contribution in [0.2, 0.25) is 4.34 Å². The smallest absolute Gasteiger partial charge is 0.301 e. The fourth-order valence-corrected chi connectivity index (χ4v) is 7.41. The van der Waals surface area contributed by atoms with Gasteiger partial charge in [-0.1, -0.05) is 0 Å². The number of fused-ring (bicyclic) bond motifs is 2. The number of rotatable bonds is 3. The molecule has 164 valence electrons. The number of nitrogens with zero attached hydrogens (tertiary/aromatic N) is 3. The van der Waals surface area contributed by atoms with E-state index in [1.54, 1.807) is 6.20 Å². The second-order valence-corrected chi connectivity index (χ2v) is 10.5. The molecule has 3 aromatic heterocycles. The van der Waals surface area contributed by atoms with Crippen molar-refractivity contribution in [2.24, 2.45) is 0 Å². The van der Waals surface area contributed by atoms with Crippen molar-refractivity contribution in [3.63, 3.8) is 0 Å². The zero-order chi connectivity index (χ0) is 21.8. The molecular weight excluding hydrogens is 449 g/mol. The highest BCUT2D eigenvalue weighted by Crippen LogP contribution is 2.57. The van der Waals surface area contributed by atoms with E-state index < -0.39 is 34.4 Å². The van der Waals surface area contributed by atoms with Crippen LogP contribution in [-0.4, -0.2) is 34.5 Å². The highest BCUT2D eigenvalue weighted by molar-refractivity contribution is 7.34. The van der Waals surface area contributed by atoms with E-state index in [2.05, 4.69) is 15.4 Å². The summed E-state index contributed by atoms with van der Waals surface area (Å²) >= 11 is 6.56. The Morgan fingerprint density at radius 2 is 2.10 bits per heavy atom. The number of thiophene rings is 1. The summed E-state index contributed by atoms with van der Waals surface area (Å²) in [4.78, 5) is 4.67. The molecule has 5 nitrogen and oxygen atoms in total. The molecule has 1 atom stereocenters. The predicted octanol–water partition coefficient (Wildman–Crippen LogP) is 4.87. The summed E-state index contributed by atoms with van der Waals surface area (Å²) in [6.45, 7) is 2.59. The second kappa shape index (κ2) is 7.58. The van der Waals surface area contributed by atoms with Gasteiger partial charge in [-0.2, -0.15) is 13.9 Å². The van der Waals surface area contributed by atoms with Crippen molar-refractivity contribution in [2.45, 2.75) is 37.0 Å². The van der Waals surface area contributed by atoms with Gasteiger partial charge in [0.15, 0.2) is 22.3 Å². The first-order chi connectivity index (χ1) is 14.8. The van der Waals surface area contributed by atoms with Gasteiger partial charge in [-0.25, -0.2) is 14.1 Å². The van der Waals surface area contributed by atoms with E-state index in [9.17, 15) is 13.2 Å². The van der Waals surface area contributed by atoms with Crippen LogP contribution in [-0.2, 0) is 22.0 Å². The molecule has 0 bridgehead atoms. The third kappa shape index (κ3) is 3.47. The molecule has 1 N–H and O–H groups in total. The third-order valence-electron chi connectivity index (χ3n) is 5.99. The van der Waals surface area contributed by atoms with Gasteiger partial charge in [-0.05, 0) is 56.6 Å². The molecule has 5 rings (SSSR count). The number of aromatic nitrogens is 3. The van der Waals surface area contributed by atoms with E-state index in [4.69, 9.17) is 16.3 Å². The van der Waals surface area contributed by atoms with Crippen LogP contribution in [0.25, 0.3) is 5.82 Å². The number of nitrogens with one attached hydrogen (secondary N) is 1. The minimum absolute atomic E-state index is 0.00907. The van der Waals surface area contributed by atoms with Crippen molar-refractivity contribution in [3.8, 4) is 5.82 Å². The third-order valence-corrected chi connectivity index (χ3v) is 8.93. The molecule has 2 aliphatic rings. The lowest BCUT2D eigenvalue weighted by Gasteiger charge is -2.40. The Labute approximate surface area is 185 Å². The van der Waals surface area contributed by atoms with E-state index in [1.165, 1.54) is 29.1 Å². The van der Waals surface area contributed by atoms with Crippen LogP contribution in [0.15, 0.2) is 30.6 Å². The quantitative estimate of drug-likeness (QED) is 0.556. The van der Waals surface area contributed by atoms with Gasteiger partial charge < -0.3 is 10.1 Å². The molecule has 0 aliphatic carbocycles. The summed E-state index contributed by atoms with van der Waals surface area (Å²) in [5.74, 6) is -3.06. The summed E-state index contributed by atoms with van der Waals surface area (Å²) in [5.41, 5.74) is 0.774. The minimum atomic E-state index is -3.07. The van der Waals surface area contributed by atoms with Gasteiger partial charge in [0.1, 0.15) is 12.2 Å². The minimum Gasteiger partial charge on any atom is -0.358 e. The number of piperidine rings is 1. The molecule has 10 heteroatoms. The van der Waals surface area contributed by atoms with Crippen molar-refractivity contribution >= 4 is 22.1 Å². The van der Waals surface area contributed by atoms with Gasteiger partial charge in [0.2, 0.25) is 4.34 Å². The zero-order valence-corrected chi connectivity index (χ0v) is 18.4. The molecule has 2 aliphatic heterocycles. The maximum absolute atomic E-state index is 14.8. The summed E-state index contributed by atoms with van der Waals surface area (Å²) in [5, 5.41) is 7.67. The van der Waals surface area contributed by atoms with Crippen LogP contribution >= 0.6 is 22.1 Å². The Bertz CT molecular complexity index is 1140. The van der Waals surface area contributed by atoms with Crippen LogP contribution in [0.3, 0.4) is 0 Å². The van der Waals surface area contributed by atoms with Crippen molar-refractivity contribution in [1.82, 2.24) is 20.1 Å². The van der Waals surface area contributed by atoms with Crippen molar-refractivity contribution in [3.05, 3.63) is 62.4 Å². The normalized spacial score (nSPS) is 20.1. The Morgan fingerprint density at radius 1 is 1.32 bits per heavy atom. The molecule has 1 saturated heterocycles. The van der Waals surface area contributed by atoms with Crippen molar-refractivity contribution < 1.29 is 17.9 Å². The maximum Gasteiger partial charge on any atom is 0.301 e. The van der Waals surface area contributed by atoms with E-state index in [-0.39, 0.29) is 11.4 Å². The summed E-state index contributed by atoms with van der Waals surface area (Å²) in [7, 11) is -0.776. The van der Waals surface area contributed by atoms with Crippen molar-refractivity contribution in [1.29, 1.82) is 0 Å². The highest BCUT2D eigenvalue weighted by atomic mass is 35.5. The molecule has 0 radical (unpaired) electrons. The standard InChI is InChI=1S/C21H21ClF3N4OS/c1-13-14(10-29(28-13)19-16(23)3-2-6-27-19)11-31-17(22)9-15-18(31)20(4-7-26-8-5-20)30-12-21(15,24)25/h2-3,6,9-10,26H,4-5,7-8,11-12H2,1H3/q+1. The lowest BCUT2D eigenvalue weighted by molar-refractivity contribution is -0.175. The molecule has 31 heavy (non-hydrogen) atoms. The van der Waals surface area contributed by atoms with Crippen LogP contribution < -0.4 is 5.32 Å². The predicted molar refractivity (Wildman–Crippen MR) is 113 cm³/mol. The van der Waals surface area contributed by atoms with Crippen molar-refractivity contribution in [2.75, 3.05) is 19.7 Å². The maximum atomic E-state index is 14.8.